The summed E-state index contributed by atoms with van der Waals surface area (Å²) in [6.45, 7) is 2.83. The van der Waals surface area contributed by atoms with E-state index in [-0.39, 0.29) is 5.91 Å². The topological polar surface area (TPSA) is 52.2 Å². The van der Waals surface area contributed by atoms with Crippen molar-refractivity contribution in [3.05, 3.63) is 30.1 Å². The van der Waals surface area contributed by atoms with Crippen molar-refractivity contribution in [2.75, 3.05) is 33.7 Å². The first-order valence-corrected chi connectivity index (χ1v) is 7.50. The van der Waals surface area contributed by atoms with E-state index < -0.39 is 0 Å². The summed E-state index contributed by atoms with van der Waals surface area (Å²) in [5, 5.41) is 0. The van der Waals surface area contributed by atoms with E-state index in [2.05, 4.69) is 29.0 Å². The number of imidazole rings is 1. The molecule has 0 aliphatic carbocycles. The van der Waals surface area contributed by atoms with Gasteiger partial charge in [0.25, 0.3) is 5.91 Å². The van der Waals surface area contributed by atoms with E-state index in [1.165, 1.54) is 0 Å². The van der Waals surface area contributed by atoms with Crippen LogP contribution < -0.4 is 0 Å². The van der Waals surface area contributed by atoms with Gasteiger partial charge in [0, 0.05) is 25.2 Å². The highest BCUT2D eigenvalue weighted by Gasteiger charge is 2.24. The first kappa shape index (κ1) is 14.1. The van der Waals surface area contributed by atoms with Crippen LogP contribution in [0.5, 0.6) is 0 Å². The number of aromatic nitrogens is 2. The highest BCUT2D eigenvalue weighted by Crippen LogP contribution is 2.20. The first-order chi connectivity index (χ1) is 10.1. The molecule has 1 aromatic carbocycles. The minimum absolute atomic E-state index is 0.134. The number of carbonyl (C=O) groups is 1. The van der Waals surface area contributed by atoms with Crippen molar-refractivity contribution in [1.29, 1.82) is 0 Å². The Balaban J connectivity index is 1.66. The Hall–Kier alpha value is -1.88. The second-order valence-electron chi connectivity index (χ2n) is 6.13. The maximum absolute atomic E-state index is 12.6. The zero-order valence-electron chi connectivity index (χ0n) is 12.7. The molecule has 0 bridgehead atoms. The Morgan fingerprint density at radius 2 is 2.14 bits per heavy atom. The molecule has 0 spiro atoms. The number of piperidine rings is 1. The fourth-order valence-electron chi connectivity index (χ4n) is 3.09. The number of H-pyrrole nitrogens is 1. The summed E-state index contributed by atoms with van der Waals surface area (Å²) in [5.74, 6) is 0.842. The highest BCUT2D eigenvalue weighted by atomic mass is 16.2. The second-order valence-corrected chi connectivity index (χ2v) is 6.13. The van der Waals surface area contributed by atoms with Gasteiger partial charge in [0.2, 0.25) is 0 Å². The van der Waals surface area contributed by atoms with Crippen LogP contribution in [0.4, 0.5) is 0 Å². The molecule has 5 heteroatoms. The molecule has 1 saturated heterocycles. The number of hydrogen-bond donors (Lipinski definition) is 1. The Morgan fingerprint density at radius 3 is 2.86 bits per heavy atom. The van der Waals surface area contributed by atoms with Crippen LogP contribution >= 0.6 is 0 Å². The molecule has 1 aliphatic heterocycles. The van der Waals surface area contributed by atoms with E-state index >= 15 is 0 Å². The number of rotatable bonds is 3. The zero-order valence-corrected chi connectivity index (χ0v) is 12.7. The van der Waals surface area contributed by atoms with Gasteiger partial charge in [0.05, 0.1) is 17.4 Å². The molecule has 3 rings (SSSR count). The Labute approximate surface area is 125 Å². The lowest BCUT2D eigenvalue weighted by Crippen LogP contribution is -2.40. The SMILES string of the molecule is CN(C)CC1CCN(C(=O)c2ccc3nc[nH]c3c2)CC1. The lowest BCUT2D eigenvalue weighted by atomic mass is 9.96. The third-order valence-corrected chi connectivity index (χ3v) is 4.19. The normalized spacial score (nSPS) is 16.8. The zero-order chi connectivity index (χ0) is 14.8. The summed E-state index contributed by atoms with van der Waals surface area (Å²) in [6, 6.07) is 5.67. The summed E-state index contributed by atoms with van der Waals surface area (Å²) in [7, 11) is 4.22. The van der Waals surface area contributed by atoms with Crippen molar-refractivity contribution in [3.8, 4) is 0 Å². The van der Waals surface area contributed by atoms with Crippen molar-refractivity contribution in [2.45, 2.75) is 12.8 Å². The van der Waals surface area contributed by atoms with Gasteiger partial charge in [-0.1, -0.05) is 0 Å². The molecule has 0 saturated carbocycles. The largest absolute Gasteiger partial charge is 0.345 e. The smallest absolute Gasteiger partial charge is 0.253 e. The third-order valence-electron chi connectivity index (χ3n) is 4.19. The molecule has 21 heavy (non-hydrogen) atoms. The number of benzene rings is 1. The van der Waals surface area contributed by atoms with Gasteiger partial charge in [-0.25, -0.2) is 4.98 Å². The van der Waals surface area contributed by atoms with Gasteiger partial charge in [-0.05, 0) is 51.1 Å². The van der Waals surface area contributed by atoms with E-state index in [9.17, 15) is 4.79 Å². The molecule has 5 nitrogen and oxygen atoms in total. The number of hydrogen-bond acceptors (Lipinski definition) is 3. The number of nitrogens with zero attached hydrogens (tertiary/aromatic N) is 3. The predicted molar refractivity (Wildman–Crippen MR) is 83.3 cm³/mol. The summed E-state index contributed by atoms with van der Waals surface area (Å²) in [5.41, 5.74) is 2.57. The number of aromatic amines is 1. The fraction of sp³-hybridized carbons (Fsp3) is 0.500. The summed E-state index contributed by atoms with van der Waals surface area (Å²) >= 11 is 0. The lowest BCUT2D eigenvalue weighted by Gasteiger charge is -2.33. The number of carbonyl (C=O) groups excluding carboxylic acids is 1. The van der Waals surface area contributed by atoms with Crippen LogP contribution in [0.25, 0.3) is 11.0 Å². The van der Waals surface area contributed by atoms with E-state index in [1.54, 1.807) is 6.33 Å². The molecule has 0 unspecified atom stereocenters. The van der Waals surface area contributed by atoms with Gasteiger partial charge in [0.1, 0.15) is 0 Å². The van der Waals surface area contributed by atoms with E-state index in [1.807, 2.05) is 23.1 Å². The standard InChI is InChI=1S/C16H22N4O/c1-19(2)10-12-5-7-20(8-6-12)16(21)13-3-4-14-15(9-13)18-11-17-14/h3-4,9,11-12H,5-8,10H2,1-2H3,(H,17,18). The molecule has 1 N–H and O–H groups in total. The van der Waals surface area contributed by atoms with Crippen molar-refractivity contribution in [1.82, 2.24) is 19.8 Å². The predicted octanol–water partition coefficient (Wildman–Crippen LogP) is 1.98. The van der Waals surface area contributed by atoms with Crippen molar-refractivity contribution in [3.63, 3.8) is 0 Å². The van der Waals surface area contributed by atoms with Crippen molar-refractivity contribution < 1.29 is 4.79 Å². The van der Waals surface area contributed by atoms with E-state index in [0.29, 0.717) is 5.92 Å². The quantitative estimate of drug-likeness (QED) is 0.938. The average Bonchev–Trinajstić information content (AvgIpc) is 2.94. The fourth-order valence-corrected chi connectivity index (χ4v) is 3.09. The molecule has 0 atom stereocenters. The minimum atomic E-state index is 0.134. The van der Waals surface area contributed by atoms with Gasteiger partial charge in [-0.3, -0.25) is 4.79 Å². The number of likely N-dealkylation sites (tertiary alicyclic amines) is 1. The molecule has 1 fully saturated rings. The van der Waals surface area contributed by atoms with Crippen LogP contribution in [-0.4, -0.2) is 59.4 Å². The summed E-state index contributed by atoms with van der Waals surface area (Å²) in [6.07, 6.45) is 3.85. The number of fused-ring (bicyclic) bond motifs is 1. The van der Waals surface area contributed by atoms with Gasteiger partial charge in [-0.2, -0.15) is 0 Å². The molecule has 2 heterocycles. The molecule has 1 amide bonds. The van der Waals surface area contributed by atoms with Crippen LogP contribution in [0.15, 0.2) is 24.5 Å². The maximum Gasteiger partial charge on any atom is 0.253 e. The summed E-state index contributed by atoms with van der Waals surface area (Å²) < 4.78 is 0. The van der Waals surface area contributed by atoms with Crippen molar-refractivity contribution in [2.24, 2.45) is 5.92 Å². The van der Waals surface area contributed by atoms with Gasteiger partial charge in [0.15, 0.2) is 0 Å². The van der Waals surface area contributed by atoms with Crippen LogP contribution in [0.1, 0.15) is 23.2 Å². The Kier molecular flexibility index (Phi) is 3.92. The van der Waals surface area contributed by atoms with Crippen LogP contribution in [0.2, 0.25) is 0 Å². The molecule has 1 aromatic heterocycles. The lowest BCUT2D eigenvalue weighted by molar-refractivity contribution is 0.0678. The Bertz CT molecular complexity index is 626. The molecular weight excluding hydrogens is 264 g/mol. The monoisotopic (exact) mass is 286 g/mol. The second kappa shape index (κ2) is 5.85. The Morgan fingerprint density at radius 1 is 1.38 bits per heavy atom. The van der Waals surface area contributed by atoms with Gasteiger partial charge >= 0.3 is 0 Å². The third kappa shape index (κ3) is 3.08. The van der Waals surface area contributed by atoms with Gasteiger partial charge in [-0.15, -0.1) is 0 Å². The van der Waals surface area contributed by atoms with E-state index in [4.69, 9.17) is 0 Å². The van der Waals surface area contributed by atoms with Crippen LogP contribution in [-0.2, 0) is 0 Å². The number of amides is 1. The minimum Gasteiger partial charge on any atom is -0.345 e. The molecule has 112 valence electrons. The van der Waals surface area contributed by atoms with Crippen LogP contribution in [0.3, 0.4) is 0 Å². The first-order valence-electron chi connectivity index (χ1n) is 7.50. The average molecular weight is 286 g/mol. The van der Waals surface area contributed by atoms with E-state index in [0.717, 1.165) is 49.1 Å². The highest BCUT2D eigenvalue weighted by molar-refractivity contribution is 5.97. The number of nitrogens with one attached hydrogen (secondary N) is 1. The van der Waals surface area contributed by atoms with Gasteiger partial charge < -0.3 is 14.8 Å². The molecule has 2 aromatic rings. The molecule has 0 radical (unpaired) electrons. The van der Waals surface area contributed by atoms with Crippen LogP contribution in [0, 0.1) is 5.92 Å². The maximum atomic E-state index is 12.6. The molecule has 1 aliphatic rings. The summed E-state index contributed by atoms with van der Waals surface area (Å²) in [4.78, 5) is 24.0. The molecular formula is C16H22N4O. The van der Waals surface area contributed by atoms with Crippen molar-refractivity contribution >= 4 is 16.9 Å².